The third-order valence-electron chi connectivity index (χ3n) is 3.10. The first kappa shape index (κ1) is 12.7. The number of rotatable bonds is 4. The fourth-order valence-electron chi connectivity index (χ4n) is 2.16. The average molecular weight is 244 g/mol. The lowest BCUT2D eigenvalue weighted by molar-refractivity contribution is 0.481. The molecule has 2 N–H and O–H groups in total. The van der Waals surface area contributed by atoms with Gasteiger partial charge in [0, 0.05) is 19.3 Å². The molecule has 2 rings (SSSR count). The van der Waals surface area contributed by atoms with E-state index in [0.29, 0.717) is 6.54 Å². The third kappa shape index (κ3) is 2.74. The van der Waals surface area contributed by atoms with Crippen molar-refractivity contribution >= 4 is 5.69 Å². The Bertz CT molecular complexity index is 531. The molecule has 0 amide bonds. The van der Waals surface area contributed by atoms with E-state index in [4.69, 9.17) is 10.2 Å². The molecule has 0 aliphatic carbocycles. The van der Waals surface area contributed by atoms with Crippen LogP contribution in [0.15, 0.2) is 34.7 Å². The van der Waals surface area contributed by atoms with Crippen LogP contribution in [0.5, 0.6) is 0 Å². The molecule has 0 unspecified atom stereocenters. The highest BCUT2D eigenvalue weighted by Gasteiger charge is 2.08. The first-order valence-electron chi connectivity index (χ1n) is 6.16. The Kier molecular flexibility index (Phi) is 3.72. The molecule has 0 saturated heterocycles. The molecule has 0 aliphatic rings. The van der Waals surface area contributed by atoms with Gasteiger partial charge in [0.25, 0.3) is 0 Å². The smallest absolute Gasteiger partial charge is 0.123 e. The number of hydrogen-bond donors (Lipinski definition) is 1. The van der Waals surface area contributed by atoms with Gasteiger partial charge in [0.1, 0.15) is 11.5 Å². The molecule has 2 aromatic rings. The number of furan rings is 1. The predicted molar refractivity (Wildman–Crippen MR) is 74.6 cm³/mol. The highest BCUT2D eigenvalue weighted by Crippen LogP contribution is 2.22. The Hall–Kier alpha value is -1.74. The van der Waals surface area contributed by atoms with Crippen molar-refractivity contribution in [3.05, 3.63) is 53.0 Å². The Morgan fingerprint density at radius 2 is 1.94 bits per heavy atom. The van der Waals surface area contributed by atoms with Gasteiger partial charge in [0.2, 0.25) is 0 Å². The van der Waals surface area contributed by atoms with Crippen molar-refractivity contribution in [2.45, 2.75) is 26.9 Å². The summed E-state index contributed by atoms with van der Waals surface area (Å²) in [4.78, 5) is 2.19. The third-order valence-corrected chi connectivity index (χ3v) is 3.10. The van der Waals surface area contributed by atoms with Crippen LogP contribution < -0.4 is 10.6 Å². The van der Waals surface area contributed by atoms with E-state index in [1.54, 1.807) is 0 Å². The Morgan fingerprint density at radius 3 is 2.50 bits per heavy atom. The second-order valence-corrected chi connectivity index (χ2v) is 4.69. The molecule has 0 fully saturated rings. The minimum atomic E-state index is 0.586. The highest BCUT2D eigenvalue weighted by atomic mass is 16.3. The van der Waals surface area contributed by atoms with Crippen LogP contribution in [-0.2, 0) is 13.1 Å². The van der Waals surface area contributed by atoms with Crippen LogP contribution in [0.3, 0.4) is 0 Å². The predicted octanol–water partition coefficient (Wildman–Crippen LogP) is 2.99. The van der Waals surface area contributed by atoms with Crippen molar-refractivity contribution in [1.82, 2.24) is 0 Å². The summed E-state index contributed by atoms with van der Waals surface area (Å²) >= 11 is 0. The molecule has 0 saturated carbocycles. The van der Waals surface area contributed by atoms with E-state index < -0.39 is 0 Å². The zero-order valence-corrected chi connectivity index (χ0v) is 11.2. The van der Waals surface area contributed by atoms with Crippen molar-refractivity contribution in [3.8, 4) is 0 Å². The molecule has 0 atom stereocenters. The van der Waals surface area contributed by atoms with E-state index in [-0.39, 0.29) is 0 Å². The zero-order chi connectivity index (χ0) is 13.1. The van der Waals surface area contributed by atoms with E-state index in [0.717, 1.165) is 18.1 Å². The molecular formula is C15H20N2O. The minimum absolute atomic E-state index is 0.586. The van der Waals surface area contributed by atoms with Gasteiger partial charge in [-0.25, -0.2) is 0 Å². The largest absolute Gasteiger partial charge is 0.464 e. The topological polar surface area (TPSA) is 42.4 Å². The summed E-state index contributed by atoms with van der Waals surface area (Å²) in [7, 11) is 2.07. The zero-order valence-electron chi connectivity index (χ0n) is 11.2. The van der Waals surface area contributed by atoms with Gasteiger partial charge in [-0.3, -0.25) is 0 Å². The van der Waals surface area contributed by atoms with Gasteiger partial charge in [-0.05, 0) is 43.2 Å². The fraction of sp³-hybridized carbons (Fsp3) is 0.333. The maximum absolute atomic E-state index is 5.64. The van der Waals surface area contributed by atoms with Gasteiger partial charge in [0.05, 0.1) is 6.54 Å². The first-order chi connectivity index (χ1) is 8.60. The SMILES string of the molecule is Cc1ccc(CN(C)c2ccc(CN)cc2C)o1. The molecule has 0 spiro atoms. The van der Waals surface area contributed by atoms with E-state index in [1.807, 2.05) is 19.1 Å². The van der Waals surface area contributed by atoms with E-state index in [1.165, 1.54) is 16.8 Å². The molecule has 0 aliphatic heterocycles. The van der Waals surface area contributed by atoms with Crippen molar-refractivity contribution in [2.24, 2.45) is 5.73 Å². The van der Waals surface area contributed by atoms with Crippen molar-refractivity contribution in [2.75, 3.05) is 11.9 Å². The fourth-order valence-corrected chi connectivity index (χ4v) is 2.16. The van der Waals surface area contributed by atoms with Crippen LogP contribution in [-0.4, -0.2) is 7.05 Å². The maximum Gasteiger partial charge on any atom is 0.123 e. The summed E-state index contributed by atoms with van der Waals surface area (Å²) in [6, 6.07) is 10.3. The lowest BCUT2D eigenvalue weighted by Gasteiger charge is -2.20. The average Bonchev–Trinajstić information content (AvgIpc) is 2.74. The van der Waals surface area contributed by atoms with Crippen LogP contribution >= 0.6 is 0 Å². The number of benzene rings is 1. The number of nitrogens with zero attached hydrogens (tertiary/aromatic N) is 1. The summed E-state index contributed by atoms with van der Waals surface area (Å²) in [5, 5.41) is 0. The van der Waals surface area contributed by atoms with Crippen LogP contribution in [0.1, 0.15) is 22.6 Å². The number of nitrogens with two attached hydrogens (primary N) is 1. The molecule has 1 aromatic heterocycles. The Morgan fingerprint density at radius 1 is 1.17 bits per heavy atom. The lowest BCUT2D eigenvalue weighted by atomic mass is 10.1. The molecule has 0 radical (unpaired) electrons. The Labute approximate surface area is 108 Å². The summed E-state index contributed by atoms with van der Waals surface area (Å²) in [6.07, 6.45) is 0. The second-order valence-electron chi connectivity index (χ2n) is 4.69. The van der Waals surface area contributed by atoms with Crippen molar-refractivity contribution < 1.29 is 4.42 Å². The molecule has 96 valence electrons. The molecule has 3 nitrogen and oxygen atoms in total. The maximum atomic E-state index is 5.64. The molecule has 18 heavy (non-hydrogen) atoms. The second kappa shape index (κ2) is 5.27. The van der Waals surface area contributed by atoms with E-state index in [2.05, 4.69) is 37.1 Å². The van der Waals surface area contributed by atoms with Crippen LogP contribution in [0.4, 0.5) is 5.69 Å². The Balaban J connectivity index is 2.15. The summed E-state index contributed by atoms with van der Waals surface area (Å²) in [6.45, 7) is 5.43. The van der Waals surface area contributed by atoms with Crippen molar-refractivity contribution in [1.29, 1.82) is 0 Å². The van der Waals surface area contributed by atoms with Gasteiger partial charge < -0.3 is 15.1 Å². The minimum Gasteiger partial charge on any atom is -0.464 e. The monoisotopic (exact) mass is 244 g/mol. The van der Waals surface area contributed by atoms with E-state index >= 15 is 0 Å². The lowest BCUT2D eigenvalue weighted by Crippen LogP contribution is -2.17. The summed E-state index contributed by atoms with van der Waals surface area (Å²) < 4.78 is 5.60. The highest BCUT2D eigenvalue weighted by molar-refractivity contribution is 5.54. The van der Waals surface area contributed by atoms with Crippen LogP contribution in [0, 0.1) is 13.8 Å². The first-order valence-corrected chi connectivity index (χ1v) is 6.16. The van der Waals surface area contributed by atoms with Gasteiger partial charge in [-0.15, -0.1) is 0 Å². The van der Waals surface area contributed by atoms with Crippen LogP contribution in [0.25, 0.3) is 0 Å². The quantitative estimate of drug-likeness (QED) is 0.899. The van der Waals surface area contributed by atoms with Crippen LogP contribution in [0.2, 0.25) is 0 Å². The number of anilines is 1. The van der Waals surface area contributed by atoms with E-state index in [9.17, 15) is 0 Å². The van der Waals surface area contributed by atoms with Gasteiger partial charge >= 0.3 is 0 Å². The molecule has 3 heteroatoms. The molecule has 1 heterocycles. The summed E-state index contributed by atoms with van der Waals surface area (Å²) in [5.74, 6) is 1.94. The van der Waals surface area contributed by atoms with Crippen molar-refractivity contribution in [3.63, 3.8) is 0 Å². The number of hydrogen-bond acceptors (Lipinski definition) is 3. The summed E-state index contributed by atoms with van der Waals surface area (Å²) in [5.41, 5.74) is 9.26. The molecule has 1 aromatic carbocycles. The van der Waals surface area contributed by atoms with Gasteiger partial charge in [-0.1, -0.05) is 12.1 Å². The standard InChI is InChI=1S/C15H20N2O/c1-11-8-13(9-16)5-7-15(11)17(3)10-14-6-4-12(2)18-14/h4-8H,9-10,16H2,1-3H3. The molecule has 0 bridgehead atoms. The molecular weight excluding hydrogens is 224 g/mol. The normalized spacial score (nSPS) is 10.7. The number of aryl methyl sites for hydroxylation is 2. The van der Waals surface area contributed by atoms with Gasteiger partial charge in [-0.2, -0.15) is 0 Å². The van der Waals surface area contributed by atoms with Gasteiger partial charge in [0.15, 0.2) is 0 Å².